The Hall–Kier alpha value is -2.71. The maximum absolute atomic E-state index is 10.4. The van der Waals surface area contributed by atoms with Crippen molar-refractivity contribution in [2.45, 2.75) is 51.9 Å². The van der Waals surface area contributed by atoms with Gasteiger partial charge >= 0.3 is 0 Å². The van der Waals surface area contributed by atoms with Crippen LogP contribution >= 0.6 is 0 Å². The molecule has 3 aromatic heterocycles. The summed E-state index contributed by atoms with van der Waals surface area (Å²) in [5, 5.41) is 10.4. The summed E-state index contributed by atoms with van der Waals surface area (Å²) in [6.07, 6.45) is 7.06. The van der Waals surface area contributed by atoms with E-state index in [0.717, 1.165) is 30.5 Å². The molecule has 8 nitrogen and oxygen atoms in total. The summed E-state index contributed by atoms with van der Waals surface area (Å²) in [6.45, 7) is 4.08. The third-order valence-electron chi connectivity index (χ3n) is 4.53. The number of hydrogen-bond donors (Lipinski definition) is 3. The molecule has 0 bridgehead atoms. The van der Waals surface area contributed by atoms with Crippen LogP contribution in [-0.4, -0.2) is 30.2 Å². The average Bonchev–Trinajstić information content (AvgIpc) is 3.23. The highest BCUT2D eigenvalue weighted by Gasteiger charge is 2.23. The zero-order valence-electron chi connectivity index (χ0n) is 15.6. The highest BCUT2D eigenvalue weighted by molar-refractivity contribution is 6.04. The lowest BCUT2D eigenvalue weighted by Crippen LogP contribution is -2.27. The topological polar surface area (TPSA) is 111 Å². The van der Waals surface area contributed by atoms with Gasteiger partial charge in [0.15, 0.2) is 5.82 Å². The highest BCUT2D eigenvalue weighted by Crippen LogP contribution is 2.29. The van der Waals surface area contributed by atoms with E-state index >= 15 is 0 Å². The minimum absolute atomic E-state index is 0.232. The Labute approximate surface area is 157 Å². The number of rotatable bonds is 6. The molecule has 0 saturated carbocycles. The third kappa shape index (κ3) is 3.58. The van der Waals surface area contributed by atoms with Gasteiger partial charge in [-0.25, -0.2) is 9.97 Å². The van der Waals surface area contributed by atoms with Gasteiger partial charge in [-0.15, -0.1) is 0 Å². The van der Waals surface area contributed by atoms with E-state index in [2.05, 4.69) is 26.5 Å². The molecule has 0 aliphatic heterocycles. The lowest BCUT2D eigenvalue weighted by Gasteiger charge is -2.20. The van der Waals surface area contributed by atoms with Gasteiger partial charge in [-0.2, -0.15) is 0 Å². The number of hydroxylamine groups is 1. The molecule has 3 aromatic rings. The number of nitrogens with two attached hydrogens (primary N) is 1. The van der Waals surface area contributed by atoms with Gasteiger partial charge in [0.25, 0.3) is 0 Å². The van der Waals surface area contributed by atoms with Crippen LogP contribution in [0.4, 0.5) is 5.82 Å². The maximum atomic E-state index is 10.4. The lowest BCUT2D eigenvalue weighted by atomic mass is 10.1. The van der Waals surface area contributed by atoms with Crippen LogP contribution < -0.4 is 11.2 Å². The van der Waals surface area contributed by atoms with Crippen molar-refractivity contribution < 1.29 is 9.94 Å². The van der Waals surface area contributed by atoms with E-state index in [1.54, 1.807) is 20.0 Å². The first-order chi connectivity index (χ1) is 12.9. The Kier molecular flexibility index (Phi) is 4.45. The smallest absolute Gasteiger partial charge is 0.152 e. The molecule has 0 radical (unpaired) electrons. The Bertz CT molecular complexity index is 1020. The fourth-order valence-electron chi connectivity index (χ4n) is 3.39. The zero-order valence-corrected chi connectivity index (χ0v) is 15.6. The van der Waals surface area contributed by atoms with Crippen LogP contribution in [0.5, 0.6) is 0 Å². The number of aliphatic hydroxyl groups is 1. The SMILES string of the molecule is CC(C)(O)Cn1c(CONC2=CCCC2)nc2c(N)nc3cccnc3c21. The van der Waals surface area contributed by atoms with Crippen molar-refractivity contribution in [2.24, 2.45) is 0 Å². The van der Waals surface area contributed by atoms with Crippen molar-refractivity contribution in [3.63, 3.8) is 0 Å². The Morgan fingerprint density at radius 2 is 2.19 bits per heavy atom. The van der Waals surface area contributed by atoms with Crippen molar-refractivity contribution >= 4 is 27.9 Å². The summed E-state index contributed by atoms with van der Waals surface area (Å²) in [5.74, 6) is 0.998. The predicted molar refractivity (Wildman–Crippen MR) is 103 cm³/mol. The number of nitrogen functional groups attached to an aromatic ring is 1. The van der Waals surface area contributed by atoms with Gasteiger partial charge < -0.3 is 15.4 Å². The number of allylic oxidation sites excluding steroid dienone is 2. The van der Waals surface area contributed by atoms with Crippen molar-refractivity contribution in [3.05, 3.63) is 35.9 Å². The molecule has 142 valence electrons. The van der Waals surface area contributed by atoms with Gasteiger partial charge in [0.2, 0.25) is 0 Å². The summed E-state index contributed by atoms with van der Waals surface area (Å²) < 4.78 is 1.92. The summed E-state index contributed by atoms with van der Waals surface area (Å²) in [4.78, 5) is 19.2. The minimum Gasteiger partial charge on any atom is -0.389 e. The van der Waals surface area contributed by atoms with Crippen LogP contribution in [0.2, 0.25) is 0 Å². The normalized spacial score (nSPS) is 14.9. The standard InChI is InChI=1S/C19H24N6O2/c1-19(2,26)11-25-14(10-27-24-12-6-3-4-7-12)23-16-17(25)15-13(22-18(16)20)8-5-9-21-15/h5-6,8-9,24,26H,3-4,7,10-11H2,1-2H3,(H2,20,22). The molecule has 0 saturated heterocycles. The van der Waals surface area contributed by atoms with E-state index in [-0.39, 0.29) is 6.61 Å². The van der Waals surface area contributed by atoms with Crippen LogP contribution in [0, 0.1) is 0 Å². The number of nitrogens with one attached hydrogen (secondary N) is 1. The second-order valence-electron chi connectivity index (χ2n) is 7.50. The Morgan fingerprint density at radius 1 is 1.33 bits per heavy atom. The van der Waals surface area contributed by atoms with Crippen LogP contribution in [0.1, 0.15) is 38.9 Å². The van der Waals surface area contributed by atoms with E-state index in [1.165, 1.54) is 0 Å². The number of imidazole rings is 1. The summed E-state index contributed by atoms with van der Waals surface area (Å²) in [6, 6.07) is 3.68. The lowest BCUT2D eigenvalue weighted by molar-refractivity contribution is 0.0343. The van der Waals surface area contributed by atoms with Crippen LogP contribution in [-0.2, 0) is 18.0 Å². The molecule has 8 heteroatoms. The van der Waals surface area contributed by atoms with Gasteiger partial charge in [-0.05, 0) is 45.2 Å². The minimum atomic E-state index is -0.942. The Balaban J connectivity index is 1.78. The van der Waals surface area contributed by atoms with Gasteiger partial charge in [0.1, 0.15) is 29.0 Å². The molecule has 1 aliphatic rings. The number of aromatic nitrogens is 4. The molecule has 1 aliphatic carbocycles. The number of nitrogens with zero attached hydrogens (tertiary/aromatic N) is 4. The molecular weight excluding hydrogens is 344 g/mol. The van der Waals surface area contributed by atoms with Gasteiger partial charge in [-0.3, -0.25) is 15.3 Å². The summed E-state index contributed by atoms with van der Waals surface area (Å²) >= 11 is 0. The van der Waals surface area contributed by atoms with Crippen molar-refractivity contribution in [2.75, 3.05) is 5.73 Å². The highest BCUT2D eigenvalue weighted by atomic mass is 16.6. The maximum Gasteiger partial charge on any atom is 0.152 e. The van der Waals surface area contributed by atoms with Crippen molar-refractivity contribution in [3.8, 4) is 0 Å². The fraction of sp³-hybridized carbons (Fsp3) is 0.421. The van der Waals surface area contributed by atoms with Crippen LogP contribution in [0.25, 0.3) is 22.1 Å². The first-order valence-corrected chi connectivity index (χ1v) is 9.11. The third-order valence-corrected chi connectivity index (χ3v) is 4.53. The predicted octanol–water partition coefficient (Wildman–Crippen LogP) is 2.42. The molecule has 0 aromatic carbocycles. The van der Waals surface area contributed by atoms with E-state index < -0.39 is 5.60 Å². The van der Waals surface area contributed by atoms with E-state index in [9.17, 15) is 5.11 Å². The molecular formula is C19H24N6O2. The second kappa shape index (κ2) is 6.79. The van der Waals surface area contributed by atoms with E-state index in [0.29, 0.717) is 34.7 Å². The Morgan fingerprint density at radius 3 is 2.93 bits per heavy atom. The van der Waals surface area contributed by atoms with E-state index in [1.807, 2.05) is 16.7 Å². The van der Waals surface area contributed by atoms with Gasteiger partial charge in [-0.1, -0.05) is 6.08 Å². The number of hydrogen-bond acceptors (Lipinski definition) is 7. The molecule has 0 atom stereocenters. The number of fused-ring (bicyclic) bond motifs is 3. The second-order valence-corrected chi connectivity index (χ2v) is 7.50. The zero-order chi connectivity index (χ0) is 19.0. The average molecular weight is 368 g/mol. The van der Waals surface area contributed by atoms with Crippen molar-refractivity contribution in [1.82, 2.24) is 25.0 Å². The molecule has 27 heavy (non-hydrogen) atoms. The fourth-order valence-corrected chi connectivity index (χ4v) is 3.39. The van der Waals surface area contributed by atoms with Crippen LogP contribution in [0.15, 0.2) is 30.1 Å². The number of anilines is 1. The van der Waals surface area contributed by atoms with Crippen LogP contribution in [0.3, 0.4) is 0 Å². The van der Waals surface area contributed by atoms with Gasteiger partial charge in [0, 0.05) is 11.9 Å². The molecule has 0 unspecified atom stereocenters. The molecule has 0 amide bonds. The summed E-state index contributed by atoms with van der Waals surface area (Å²) in [5.41, 5.74) is 12.0. The van der Waals surface area contributed by atoms with Gasteiger partial charge in [0.05, 0.1) is 17.7 Å². The molecule has 4 N–H and O–H groups in total. The molecule has 0 spiro atoms. The largest absolute Gasteiger partial charge is 0.389 e. The number of pyridine rings is 2. The summed E-state index contributed by atoms with van der Waals surface area (Å²) in [7, 11) is 0. The molecule has 4 rings (SSSR count). The first kappa shape index (κ1) is 17.7. The van der Waals surface area contributed by atoms with E-state index in [4.69, 9.17) is 10.6 Å². The molecule has 0 fully saturated rings. The van der Waals surface area contributed by atoms with Crippen molar-refractivity contribution in [1.29, 1.82) is 0 Å². The first-order valence-electron chi connectivity index (χ1n) is 9.11. The molecule has 3 heterocycles. The monoisotopic (exact) mass is 368 g/mol. The quantitative estimate of drug-likeness (QED) is 0.573.